The Labute approximate surface area is 191 Å². The number of hydrogen-bond donors (Lipinski definition) is 2. The third-order valence-corrected chi connectivity index (χ3v) is 7.29. The smallest absolute Gasteiger partial charge is 0.306 e. The van der Waals surface area contributed by atoms with Crippen LogP contribution in [0.15, 0.2) is 30.4 Å². The van der Waals surface area contributed by atoms with E-state index in [1.165, 1.54) is 0 Å². The molecule has 0 aliphatic heterocycles. The van der Waals surface area contributed by atoms with E-state index in [0.717, 1.165) is 25.7 Å². The van der Waals surface area contributed by atoms with Crippen LogP contribution in [0.3, 0.4) is 0 Å². The van der Waals surface area contributed by atoms with Crippen molar-refractivity contribution in [2.45, 2.75) is 50.4 Å². The highest BCUT2D eigenvalue weighted by Crippen LogP contribution is 2.32. The first-order valence-corrected chi connectivity index (χ1v) is 11.9. The lowest BCUT2D eigenvalue weighted by Crippen LogP contribution is -2.24. The summed E-state index contributed by atoms with van der Waals surface area (Å²) in [6.45, 7) is 1.84. The van der Waals surface area contributed by atoms with E-state index < -0.39 is 12.1 Å². The predicted octanol–water partition coefficient (Wildman–Crippen LogP) is 5.26. The average molecular weight is 475 g/mol. The molecule has 5 nitrogen and oxygen atoms in total. The number of ether oxygens (including phenoxy) is 1. The minimum absolute atomic E-state index is 0.0510. The highest BCUT2D eigenvalue weighted by Gasteiger charge is 2.30. The Balaban J connectivity index is 1.68. The quantitative estimate of drug-likeness (QED) is 0.379. The molecule has 0 spiro atoms. The van der Waals surface area contributed by atoms with Gasteiger partial charge in [-0.15, -0.1) is 0 Å². The molecule has 166 valence electrons. The molecule has 2 N–H and O–H groups in total. The molecule has 0 radical (unpaired) electrons. The van der Waals surface area contributed by atoms with Crippen LogP contribution in [0.4, 0.5) is 0 Å². The van der Waals surface area contributed by atoms with E-state index in [0.29, 0.717) is 28.0 Å². The molecule has 0 bridgehead atoms. The number of hydrogen-bond acceptors (Lipinski definition) is 5. The van der Waals surface area contributed by atoms with E-state index in [1.54, 1.807) is 43.0 Å². The van der Waals surface area contributed by atoms with Crippen LogP contribution >= 0.6 is 35.0 Å². The van der Waals surface area contributed by atoms with Crippen LogP contribution in [0, 0.1) is 11.8 Å². The van der Waals surface area contributed by atoms with Crippen molar-refractivity contribution in [3.63, 3.8) is 0 Å². The minimum atomic E-state index is -0.761. The summed E-state index contributed by atoms with van der Waals surface area (Å²) in [6, 6.07) is 4.94. The van der Waals surface area contributed by atoms with Gasteiger partial charge in [-0.05, 0) is 31.1 Å². The van der Waals surface area contributed by atoms with Crippen LogP contribution in [-0.4, -0.2) is 45.7 Å². The van der Waals surface area contributed by atoms with Crippen LogP contribution < -0.4 is 4.74 Å². The van der Waals surface area contributed by atoms with Gasteiger partial charge in [-0.3, -0.25) is 9.59 Å². The van der Waals surface area contributed by atoms with Gasteiger partial charge in [0.2, 0.25) is 0 Å². The average Bonchev–Trinajstić information content (AvgIpc) is 3.06. The molecule has 1 aliphatic carbocycles. The number of rotatable bonds is 13. The number of carboxylic acid groups (broad SMARTS) is 1. The van der Waals surface area contributed by atoms with E-state index in [2.05, 4.69) is 0 Å². The largest absolute Gasteiger partial charge is 0.491 e. The van der Waals surface area contributed by atoms with E-state index >= 15 is 0 Å². The van der Waals surface area contributed by atoms with Gasteiger partial charge < -0.3 is 14.9 Å². The molecular formula is C22H28Cl2O5S. The zero-order valence-electron chi connectivity index (χ0n) is 16.9. The molecule has 0 saturated heterocycles. The molecule has 4 atom stereocenters. The number of unbranched alkanes of at least 4 members (excludes halogenated alkanes) is 2. The Morgan fingerprint density at radius 2 is 2.00 bits per heavy atom. The zero-order valence-corrected chi connectivity index (χ0v) is 19.3. The van der Waals surface area contributed by atoms with Crippen molar-refractivity contribution < 1.29 is 24.5 Å². The van der Waals surface area contributed by atoms with Gasteiger partial charge in [0.15, 0.2) is 5.78 Å². The van der Waals surface area contributed by atoms with Gasteiger partial charge in [-0.2, -0.15) is 11.8 Å². The topological polar surface area (TPSA) is 83.8 Å². The summed E-state index contributed by atoms with van der Waals surface area (Å²) >= 11 is 13.4. The van der Waals surface area contributed by atoms with Gasteiger partial charge >= 0.3 is 5.97 Å². The van der Waals surface area contributed by atoms with Gasteiger partial charge in [-0.1, -0.05) is 55.5 Å². The van der Waals surface area contributed by atoms with Crippen LogP contribution in [-0.2, 0) is 9.59 Å². The second kappa shape index (κ2) is 12.6. The molecule has 1 aromatic carbocycles. The standard InChI is InChI=1S/C22H28Cl2O5S/c1-14(22(27)28)5-3-2-4-6-17-20(26)9-10-21(17)30-13-15(25)12-29-16-7-8-18(23)19(24)11-16/h7-11,14-15,17,21,25H,2-6,12-13H2,1H3,(H,27,28). The fourth-order valence-corrected chi connectivity index (χ4v) is 4.75. The summed E-state index contributed by atoms with van der Waals surface area (Å²) < 4.78 is 5.56. The predicted molar refractivity (Wildman–Crippen MR) is 122 cm³/mol. The van der Waals surface area contributed by atoms with E-state index in [4.69, 9.17) is 33.0 Å². The summed E-state index contributed by atoms with van der Waals surface area (Å²) in [6.07, 6.45) is 6.97. The molecule has 0 heterocycles. The van der Waals surface area contributed by atoms with E-state index in [-0.39, 0.29) is 29.5 Å². The number of aliphatic hydroxyl groups is 1. The van der Waals surface area contributed by atoms with Crippen molar-refractivity contribution in [2.75, 3.05) is 12.4 Å². The van der Waals surface area contributed by atoms with Crippen molar-refractivity contribution in [1.29, 1.82) is 0 Å². The maximum absolute atomic E-state index is 12.2. The van der Waals surface area contributed by atoms with Crippen molar-refractivity contribution in [1.82, 2.24) is 0 Å². The van der Waals surface area contributed by atoms with E-state index in [1.807, 2.05) is 6.08 Å². The van der Waals surface area contributed by atoms with Crippen molar-refractivity contribution in [3.8, 4) is 5.75 Å². The summed E-state index contributed by atoms with van der Waals surface area (Å²) in [5.74, 6) is -0.0301. The molecule has 1 aromatic rings. The van der Waals surface area contributed by atoms with Gasteiger partial charge in [-0.25, -0.2) is 0 Å². The summed E-state index contributed by atoms with van der Waals surface area (Å²) in [5, 5.41) is 20.0. The molecule has 1 aliphatic rings. The molecule has 0 aromatic heterocycles. The molecule has 0 saturated carbocycles. The van der Waals surface area contributed by atoms with Crippen LogP contribution in [0.2, 0.25) is 10.0 Å². The van der Waals surface area contributed by atoms with Crippen molar-refractivity contribution >= 4 is 46.7 Å². The summed E-state index contributed by atoms with van der Waals surface area (Å²) in [4.78, 5) is 23.0. The lowest BCUT2D eigenvalue weighted by atomic mass is 9.96. The maximum atomic E-state index is 12.2. The number of aliphatic carboxylic acids is 1. The number of carboxylic acids is 1. The van der Waals surface area contributed by atoms with Gasteiger partial charge in [0.25, 0.3) is 0 Å². The molecule has 2 rings (SSSR count). The van der Waals surface area contributed by atoms with Crippen molar-refractivity contribution in [3.05, 3.63) is 40.4 Å². The lowest BCUT2D eigenvalue weighted by molar-refractivity contribution is -0.141. The normalized spacial score (nSPS) is 20.3. The van der Waals surface area contributed by atoms with Crippen molar-refractivity contribution in [2.24, 2.45) is 11.8 Å². The maximum Gasteiger partial charge on any atom is 0.306 e. The summed E-state index contributed by atoms with van der Waals surface area (Å²) in [7, 11) is 0. The van der Waals surface area contributed by atoms with Crippen LogP contribution in [0.1, 0.15) is 39.0 Å². The second-order valence-corrected chi connectivity index (χ2v) is 9.61. The Morgan fingerprint density at radius 3 is 2.70 bits per heavy atom. The fourth-order valence-electron chi connectivity index (χ4n) is 3.23. The number of benzene rings is 1. The number of allylic oxidation sites excluding steroid dienone is 1. The molecular weight excluding hydrogens is 447 g/mol. The highest BCUT2D eigenvalue weighted by atomic mass is 35.5. The third kappa shape index (κ3) is 8.14. The van der Waals surface area contributed by atoms with Crippen LogP contribution in [0.5, 0.6) is 5.75 Å². The Kier molecular flexibility index (Phi) is 10.5. The van der Waals surface area contributed by atoms with Gasteiger partial charge in [0.1, 0.15) is 12.4 Å². The number of thioether (sulfide) groups is 1. The minimum Gasteiger partial charge on any atom is -0.491 e. The third-order valence-electron chi connectivity index (χ3n) is 5.10. The summed E-state index contributed by atoms with van der Waals surface area (Å²) in [5.41, 5.74) is 0. The number of ketones is 1. The molecule has 0 fully saturated rings. The van der Waals surface area contributed by atoms with E-state index in [9.17, 15) is 14.7 Å². The molecule has 0 amide bonds. The van der Waals surface area contributed by atoms with Crippen LogP contribution in [0.25, 0.3) is 0 Å². The number of carbonyl (C=O) groups is 2. The first-order chi connectivity index (χ1) is 14.3. The Bertz CT molecular complexity index is 755. The first-order valence-electron chi connectivity index (χ1n) is 10.1. The SMILES string of the molecule is CC(CCCCCC1C(=O)C=CC1SCC(O)COc1ccc(Cl)c(Cl)c1)C(=O)O. The Morgan fingerprint density at radius 1 is 1.23 bits per heavy atom. The second-order valence-electron chi connectivity index (χ2n) is 7.58. The highest BCUT2D eigenvalue weighted by molar-refractivity contribution is 8.00. The van der Waals surface area contributed by atoms with Gasteiger partial charge in [0, 0.05) is 23.0 Å². The molecule has 4 unspecified atom stereocenters. The first kappa shape index (κ1) is 25.1. The Hall–Kier alpha value is -1.21. The fraction of sp³-hybridized carbons (Fsp3) is 0.545. The lowest BCUT2D eigenvalue weighted by Gasteiger charge is -2.20. The number of halogens is 2. The monoisotopic (exact) mass is 474 g/mol. The molecule has 8 heteroatoms. The number of carbonyl (C=O) groups excluding carboxylic acids is 1. The molecule has 30 heavy (non-hydrogen) atoms. The zero-order chi connectivity index (χ0) is 22.1. The number of aliphatic hydroxyl groups excluding tert-OH is 1. The van der Waals surface area contributed by atoms with Gasteiger partial charge in [0.05, 0.1) is 22.1 Å².